The largest absolute Gasteiger partial charge is 2.00 e. The summed E-state index contributed by atoms with van der Waals surface area (Å²) in [5.74, 6) is -0.452. The van der Waals surface area contributed by atoms with Crippen LogP contribution in [0.2, 0.25) is 0 Å². The zero-order valence-corrected chi connectivity index (χ0v) is 39.1. The average Bonchev–Trinajstić information content (AvgIpc) is 3.56. The van der Waals surface area contributed by atoms with Gasteiger partial charge in [0.1, 0.15) is 12.1 Å². The SMILES string of the molecule is C=C(F)Br.C=C(F)c1sc(C(OC)OC)c(C)c1Br.COC(OC)c1s[c-]c(Br)c1C.COC(OC)c1sc(Br)c(Br)c1C.[Cl-].[Mg+2]. The molecule has 0 radical (unpaired) electrons. The second-order valence-electron chi connectivity index (χ2n) is 8.07. The van der Waals surface area contributed by atoms with Crippen molar-refractivity contribution in [3.8, 4) is 0 Å². The van der Waals surface area contributed by atoms with Crippen LogP contribution in [0.1, 0.15) is 55.1 Å². The molecule has 0 aliphatic rings. The molecule has 3 aromatic rings. The van der Waals surface area contributed by atoms with Gasteiger partial charge in [-0.25, -0.2) is 4.39 Å². The molecule has 0 saturated carbocycles. The summed E-state index contributed by atoms with van der Waals surface area (Å²) in [6.07, 6.45) is -0.996. The first-order chi connectivity index (χ1) is 20.6. The van der Waals surface area contributed by atoms with Crippen LogP contribution in [0.5, 0.6) is 0 Å². The number of methoxy groups -OCH3 is 6. The van der Waals surface area contributed by atoms with Crippen LogP contribution in [0.15, 0.2) is 35.1 Å². The standard InChI is InChI=1S/C10H12BrFO2S.C8H10Br2O2S.C8H10BrO2S.C2H2BrF.ClH.Mg/c1-5-7(11)9(6(2)12)15-8(5)10(13-3)14-4;1-4-5(9)7(10)13-6(4)8(11-2)12-3;1-5-6(9)4-12-7(5)8(10-2)11-3;1-2(3)4;;/h10H,2H2,1,3-4H3;8H,1-3H3;8H,1-3H3;1H2;1H;/q;;-1;;;+2/p-1. The zero-order chi connectivity index (χ0) is 34.3. The van der Waals surface area contributed by atoms with Gasteiger partial charge in [0.15, 0.2) is 17.3 Å². The molecule has 258 valence electrons. The Kier molecular flexibility index (Phi) is 30.9. The minimum atomic E-state index is -0.521. The fourth-order valence-corrected chi connectivity index (χ4v) is 8.92. The van der Waals surface area contributed by atoms with Crippen molar-refractivity contribution >= 4 is 143 Å². The predicted molar refractivity (Wildman–Crippen MR) is 202 cm³/mol. The van der Waals surface area contributed by atoms with E-state index in [2.05, 4.69) is 98.2 Å². The fraction of sp³-hybridized carbons (Fsp3) is 0.429. The van der Waals surface area contributed by atoms with E-state index in [4.69, 9.17) is 28.4 Å². The van der Waals surface area contributed by atoms with Crippen LogP contribution in [-0.2, 0) is 28.4 Å². The number of thiophene rings is 3. The van der Waals surface area contributed by atoms with Gasteiger partial charge >= 0.3 is 23.1 Å². The molecule has 3 rings (SSSR count). The molecule has 3 aromatic heterocycles. The average molecular weight is 1060 g/mol. The molecule has 18 heteroatoms. The smallest absolute Gasteiger partial charge is 1.00 e. The molecule has 0 spiro atoms. The predicted octanol–water partition coefficient (Wildman–Crippen LogP) is 9.28. The van der Waals surface area contributed by atoms with E-state index in [1.165, 1.54) is 22.7 Å². The Morgan fingerprint density at radius 1 is 0.674 bits per heavy atom. The molecule has 46 heavy (non-hydrogen) atoms. The molecule has 0 aromatic carbocycles. The molecule has 0 atom stereocenters. The van der Waals surface area contributed by atoms with Crippen molar-refractivity contribution in [2.45, 2.75) is 39.6 Å². The van der Waals surface area contributed by atoms with Gasteiger partial charge in [0.05, 0.1) is 18.4 Å². The summed E-state index contributed by atoms with van der Waals surface area (Å²) in [5.41, 5.74) is 3.21. The van der Waals surface area contributed by atoms with E-state index >= 15 is 0 Å². The summed E-state index contributed by atoms with van der Waals surface area (Å²) in [6.45, 7) is 12.0. The minimum Gasteiger partial charge on any atom is -1.00 e. The van der Waals surface area contributed by atoms with E-state index in [0.717, 1.165) is 44.1 Å². The molecule has 3 heterocycles. The third kappa shape index (κ3) is 16.3. The fourth-order valence-electron chi connectivity index (χ4n) is 3.12. The number of rotatable bonds is 10. The first-order valence-electron chi connectivity index (χ1n) is 12.0. The van der Waals surface area contributed by atoms with Gasteiger partial charge in [-0.05, 0) is 88.7 Å². The maximum atomic E-state index is 13.1. The monoisotopic (exact) mass is 1050 g/mol. The van der Waals surface area contributed by atoms with Crippen molar-refractivity contribution in [1.82, 2.24) is 0 Å². The molecule has 0 bridgehead atoms. The van der Waals surface area contributed by atoms with E-state index in [9.17, 15) is 8.78 Å². The van der Waals surface area contributed by atoms with Gasteiger partial charge in [-0.1, -0.05) is 45.4 Å². The zero-order valence-electron chi connectivity index (χ0n) is 26.6. The van der Waals surface area contributed by atoms with Crippen LogP contribution in [-0.4, -0.2) is 65.7 Å². The summed E-state index contributed by atoms with van der Waals surface area (Å²) in [5, 5.41) is 3.08. The number of ether oxygens (including phenoxy) is 6. The Balaban J connectivity index is -0.000000560. The second-order valence-corrected chi connectivity index (χ2v) is 15.6. The van der Waals surface area contributed by atoms with Gasteiger partial charge in [0.25, 0.3) is 0 Å². The van der Waals surface area contributed by atoms with Crippen LogP contribution in [0.3, 0.4) is 0 Å². The molecular formula is C28H34Br5ClF2MgO6S3. The van der Waals surface area contributed by atoms with Crippen LogP contribution >= 0.6 is 114 Å². The molecule has 0 aliphatic heterocycles. The van der Waals surface area contributed by atoms with Gasteiger partial charge in [-0.3, -0.25) is 11.3 Å². The Morgan fingerprint density at radius 2 is 1.02 bits per heavy atom. The summed E-state index contributed by atoms with van der Waals surface area (Å²) in [6, 6.07) is 0. The van der Waals surface area contributed by atoms with Gasteiger partial charge in [-0.15, -0.1) is 28.1 Å². The van der Waals surface area contributed by atoms with E-state index in [1.54, 1.807) is 54.0 Å². The van der Waals surface area contributed by atoms with Gasteiger partial charge in [0.2, 0.25) is 0 Å². The van der Waals surface area contributed by atoms with Crippen molar-refractivity contribution in [2.24, 2.45) is 0 Å². The topological polar surface area (TPSA) is 55.4 Å². The normalized spacial score (nSPS) is 10.2. The molecule has 0 aliphatic carbocycles. The third-order valence-corrected chi connectivity index (χ3v) is 13.8. The minimum absolute atomic E-state index is 0. The van der Waals surface area contributed by atoms with E-state index in [1.807, 2.05) is 20.8 Å². The Bertz CT molecular complexity index is 1330. The van der Waals surface area contributed by atoms with Crippen LogP contribution in [0, 0.1) is 26.2 Å². The first kappa shape index (κ1) is 52.0. The van der Waals surface area contributed by atoms with Gasteiger partial charge < -0.3 is 40.8 Å². The van der Waals surface area contributed by atoms with Gasteiger partial charge in [-0.2, -0.15) is 9.95 Å². The molecule has 0 amide bonds. The van der Waals surface area contributed by atoms with Crippen molar-refractivity contribution in [3.05, 3.63) is 76.7 Å². The van der Waals surface area contributed by atoms with Crippen molar-refractivity contribution < 1.29 is 49.6 Å². The Hall–Kier alpha value is 1.66. The number of hydrogen-bond acceptors (Lipinski definition) is 9. The van der Waals surface area contributed by atoms with Crippen LogP contribution in [0.25, 0.3) is 5.83 Å². The number of halogens is 8. The molecular weight excluding hydrogens is 1030 g/mol. The maximum absolute atomic E-state index is 13.1. The van der Waals surface area contributed by atoms with E-state index in [0.29, 0.717) is 9.35 Å². The Morgan fingerprint density at radius 3 is 1.28 bits per heavy atom. The summed E-state index contributed by atoms with van der Waals surface area (Å²) < 4.78 is 58.0. The van der Waals surface area contributed by atoms with Crippen molar-refractivity contribution in [2.75, 3.05) is 42.7 Å². The summed E-state index contributed by atoms with van der Waals surface area (Å²) in [7, 11) is 9.61. The number of hydrogen-bond donors (Lipinski definition) is 0. The first-order valence-corrected chi connectivity index (χ1v) is 18.4. The quantitative estimate of drug-likeness (QED) is 0.115. The second kappa shape index (κ2) is 27.3. The molecule has 6 nitrogen and oxygen atoms in total. The van der Waals surface area contributed by atoms with Crippen LogP contribution < -0.4 is 12.4 Å². The van der Waals surface area contributed by atoms with E-state index in [-0.39, 0.29) is 48.0 Å². The Labute approximate surface area is 347 Å². The van der Waals surface area contributed by atoms with Gasteiger partial charge in [0, 0.05) is 51.6 Å². The summed E-state index contributed by atoms with van der Waals surface area (Å²) in [4.78, 5) is 3.48. The molecule has 0 fully saturated rings. The molecule has 0 unspecified atom stereocenters. The van der Waals surface area contributed by atoms with Crippen LogP contribution in [0.4, 0.5) is 8.78 Å². The molecule has 0 N–H and O–H groups in total. The third-order valence-electron chi connectivity index (χ3n) is 5.30. The van der Waals surface area contributed by atoms with Crippen molar-refractivity contribution in [3.63, 3.8) is 0 Å². The molecule has 0 saturated heterocycles. The van der Waals surface area contributed by atoms with E-state index < -0.39 is 16.9 Å². The maximum Gasteiger partial charge on any atom is 2.00 e. The van der Waals surface area contributed by atoms with Crippen molar-refractivity contribution in [1.29, 1.82) is 0 Å². The summed E-state index contributed by atoms with van der Waals surface area (Å²) >= 11 is 20.5.